The predicted octanol–water partition coefficient (Wildman–Crippen LogP) is 4.67. The van der Waals surface area contributed by atoms with Crippen LogP contribution in [0.5, 0.6) is 5.75 Å². The van der Waals surface area contributed by atoms with E-state index in [0.29, 0.717) is 6.61 Å². The maximum Gasteiger partial charge on any atom is 0.310 e. The summed E-state index contributed by atoms with van der Waals surface area (Å²) in [5.41, 5.74) is 5.42. The minimum atomic E-state index is -0.215. The highest BCUT2D eigenvalue weighted by atomic mass is 79.9. The molecule has 0 N–H and O–H groups in total. The van der Waals surface area contributed by atoms with Crippen LogP contribution in [0.4, 0.5) is 0 Å². The summed E-state index contributed by atoms with van der Waals surface area (Å²) in [6, 6.07) is 12.1. The molecule has 23 heavy (non-hydrogen) atoms. The third-order valence-electron chi connectivity index (χ3n) is 3.61. The lowest BCUT2D eigenvalue weighted by molar-refractivity contribution is -0.142. The van der Waals surface area contributed by atoms with Gasteiger partial charge >= 0.3 is 5.97 Å². The molecule has 0 saturated carbocycles. The van der Waals surface area contributed by atoms with Crippen molar-refractivity contribution in [2.75, 3.05) is 13.7 Å². The van der Waals surface area contributed by atoms with E-state index in [1.54, 1.807) is 7.11 Å². The van der Waals surface area contributed by atoms with E-state index in [9.17, 15) is 4.79 Å². The van der Waals surface area contributed by atoms with E-state index < -0.39 is 0 Å². The molecule has 4 heteroatoms. The molecule has 0 aliphatic heterocycles. The normalized spacial score (nSPS) is 10.4. The van der Waals surface area contributed by atoms with Gasteiger partial charge < -0.3 is 9.47 Å². The number of esters is 1. The molecule has 2 aromatic rings. The number of ether oxygens (including phenoxy) is 2. The Morgan fingerprint density at radius 3 is 2.57 bits per heavy atom. The molecule has 0 unspecified atom stereocenters. The van der Waals surface area contributed by atoms with Crippen molar-refractivity contribution in [3.05, 3.63) is 53.1 Å². The van der Waals surface area contributed by atoms with E-state index in [4.69, 9.17) is 9.47 Å². The third kappa shape index (κ3) is 4.35. The number of aryl methyl sites for hydroxylation is 1. The molecule has 0 saturated heterocycles. The molecular weight excluding hydrogens is 356 g/mol. The summed E-state index contributed by atoms with van der Waals surface area (Å²) in [6.45, 7) is 4.28. The molecule has 0 radical (unpaired) electrons. The number of hydrogen-bond acceptors (Lipinski definition) is 3. The Kier molecular flexibility index (Phi) is 6.22. The van der Waals surface area contributed by atoms with Gasteiger partial charge in [0.1, 0.15) is 5.75 Å². The van der Waals surface area contributed by atoms with Crippen molar-refractivity contribution >= 4 is 21.9 Å². The highest BCUT2D eigenvalue weighted by Crippen LogP contribution is 2.34. The van der Waals surface area contributed by atoms with Crippen LogP contribution in [-0.2, 0) is 21.3 Å². The lowest BCUT2D eigenvalue weighted by Gasteiger charge is -2.14. The zero-order valence-corrected chi connectivity index (χ0v) is 15.3. The Bertz CT molecular complexity index is 695. The first-order valence-electron chi connectivity index (χ1n) is 7.57. The van der Waals surface area contributed by atoms with E-state index >= 15 is 0 Å². The van der Waals surface area contributed by atoms with Crippen LogP contribution in [0.3, 0.4) is 0 Å². The van der Waals surface area contributed by atoms with Crippen LogP contribution in [0.2, 0.25) is 0 Å². The molecule has 2 aromatic carbocycles. The quantitative estimate of drug-likeness (QED) is 0.542. The molecule has 0 bridgehead atoms. The first-order chi connectivity index (χ1) is 11.1. The topological polar surface area (TPSA) is 35.5 Å². The summed E-state index contributed by atoms with van der Waals surface area (Å²) in [6.07, 6.45) is 0.264. The number of benzene rings is 2. The van der Waals surface area contributed by atoms with Crippen molar-refractivity contribution in [3.63, 3.8) is 0 Å². The van der Waals surface area contributed by atoms with Crippen molar-refractivity contribution in [3.8, 4) is 16.9 Å². The monoisotopic (exact) mass is 376 g/mol. The minimum Gasteiger partial charge on any atom is -0.496 e. The first kappa shape index (κ1) is 17.5. The minimum absolute atomic E-state index is 0.215. The molecule has 0 heterocycles. The first-order valence-corrected chi connectivity index (χ1v) is 8.69. The fraction of sp³-hybridized carbons (Fsp3) is 0.316. The van der Waals surface area contributed by atoms with Crippen LogP contribution in [0, 0.1) is 6.92 Å². The Labute approximate surface area is 145 Å². The molecule has 2 rings (SSSR count). The van der Waals surface area contributed by atoms with Gasteiger partial charge in [0.25, 0.3) is 0 Å². The average Bonchev–Trinajstić information content (AvgIpc) is 2.54. The maximum atomic E-state index is 11.7. The molecule has 0 amide bonds. The van der Waals surface area contributed by atoms with Crippen LogP contribution in [0.1, 0.15) is 23.6 Å². The smallest absolute Gasteiger partial charge is 0.310 e. The second-order valence-corrected chi connectivity index (χ2v) is 5.87. The summed E-state index contributed by atoms with van der Waals surface area (Å²) in [5, 5.41) is 0.759. The Balaban J connectivity index is 2.46. The summed E-state index contributed by atoms with van der Waals surface area (Å²) >= 11 is 3.55. The summed E-state index contributed by atoms with van der Waals surface area (Å²) in [5.74, 6) is 0.580. The molecule has 0 aliphatic rings. The third-order valence-corrected chi connectivity index (χ3v) is 4.22. The fourth-order valence-corrected chi connectivity index (χ4v) is 3.01. The van der Waals surface area contributed by atoms with Gasteiger partial charge in [-0.1, -0.05) is 45.8 Å². The van der Waals surface area contributed by atoms with Crippen LogP contribution >= 0.6 is 15.9 Å². The van der Waals surface area contributed by atoms with Crippen molar-refractivity contribution in [2.45, 2.75) is 25.6 Å². The zero-order chi connectivity index (χ0) is 16.8. The zero-order valence-electron chi connectivity index (χ0n) is 13.7. The SMILES string of the molecule is CCOC(=O)Cc1ccc(OC)c(-c2ccc(C)cc2CBr)c1. The van der Waals surface area contributed by atoms with Crippen LogP contribution in [0.25, 0.3) is 11.1 Å². The summed E-state index contributed by atoms with van der Waals surface area (Å²) in [4.78, 5) is 11.7. The number of rotatable bonds is 6. The van der Waals surface area contributed by atoms with Gasteiger partial charge in [0.2, 0.25) is 0 Å². The number of halogens is 1. The molecule has 122 valence electrons. The van der Waals surface area contributed by atoms with Crippen LogP contribution < -0.4 is 4.74 Å². The van der Waals surface area contributed by atoms with Gasteiger partial charge in [0.15, 0.2) is 0 Å². The van der Waals surface area contributed by atoms with Gasteiger partial charge in [-0.15, -0.1) is 0 Å². The second kappa shape index (κ2) is 8.16. The Morgan fingerprint density at radius 2 is 1.91 bits per heavy atom. The molecule has 0 aromatic heterocycles. The number of carbonyl (C=O) groups is 1. The number of carbonyl (C=O) groups excluding carboxylic acids is 1. The van der Waals surface area contributed by atoms with E-state index in [2.05, 4.69) is 41.1 Å². The average molecular weight is 377 g/mol. The highest BCUT2D eigenvalue weighted by Gasteiger charge is 2.13. The molecular formula is C19H21BrO3. The Morgan fingerprint density at radius 1 is 1.13 bits per heavy atom. The van der Waals surface area contributed by atoms with Gasteiger partial charge in [0, 0.05) is 10.9 Å². The summed E-state index contributed by atoms with van der Waals surface area (Å²) in [7, 11) is 1.66. The van der Waals surface area contributed by atoms with E-state index in [1.807, 2.05) is 25.1 Å². The van der Waals surface area contributed by atoms with E-state index in [0.717, 1.165) is 27.8 Å². The van der Waals surface area contributed by atoms with Crippen molar-refractivity contribution < 1.29 is 14.3 Å². The molecule has 0 spiro atoms. The van der Waals surface area contributed by atoms with Gasteiger partial charge in [-0.25, -0.2) is 0 Å². The number of methoxy groups -OCH3 is 1. The highest BCUT2D eigenvalue weighted by molar-refractivity contribution is 9.08. The molecule has 0 atom stereocenters. The van der Waals surface area contributed by atoms with Gasteiger partial charge in [0.05, 0.1) is 20.1 Å². The van der Waals surface area contributed by atoms with E-state index in [1.165, 1.54) is 11.1 Å². The molecule has 0 aliphatic carbocycles. The van der Waals surface area contributed by atoms with Gasteiger partial charge in [-0.3, -0.25) is 4.79 Å². The number of hydrogen-bond donors (Lipinski definition) is 0. The maximum absolute atomic E-state index is 11.7. The number of alkyl halides is 1. The van der Waals surface area contributed by atoms with E-state index in [-0.39, 0.29) is 12.4 Å². The predicted molar refractivity (Wildman–Crippen MR) is 96.1 cm³/mol. The lowest BCUT2D eigenvalue weighted by atomic mass is 9.96. The summed E-state index contributed by atoms with van der Waals surface area (Å²) < 4.78 is 10.5. The van der Waals surface area contributed by atoms with Crippen molar-refractivity contribution in [2.24, 2.45) is 0 Å². The molecule has 0 fully saturated rings. The van der Waals surface area contributed by atoms with Crippen molar-refractivity contribution in [1.29, 1.82) is 0 Å². The largest absolute Gasteiger partial charge is 0.496 e. The van der Waals surface area contributed by atoms with Crippen molar-refractivity contribution in [1.82, 2.24) is 0 Å². The standard InChI is InChI=1S/C19H21BrO3/c1-4-23-19(21)11-14-6-8-18(22-3)17(10-14)16-7-5-13(2)9-15(16)12-20/h5-10H,4,11-12H2,1-3H3. The van der Waals surface area contributed by atoms with Crippen LogP contribution in [-0.4, -0.2) is 19.7 Å². The van der Waals surface area contributed by atoms with Crippen LogP contribution in [0.15, 0.2) is 36.4 Å². The second-order valence-electron chi connectivity index (χ2n) is 5.31. The van der Waals surface area contributed by atoms with Gasteiger partial charge in [-0.05, 0) is 42.7 Å². The molecule has 3 nitrogen and oxygen atoms in total. The van der Waals surface area contributed by atoms with Gasteiger partial charge in [-0.2, -0.15) is 0 Å². The Hall–Kier alpha value is -1.81. The lowest BCUT2D eigenvalue weighted by Crippen LogP contribution is -2.07. The fourth-order valence-electron chi connectivity index (χ4n) is 2.55.